The first-order valence-corrected chi connectivity index (χ1v) is 6.56. The predicted octanol–water partition coefficient (Wildman–Crippen LogP) is 3.28. The second kappa shape index (κ2) is 4.85. The number of hydrogen-bond acceptors (Lipinski definition) is 3. The first kappa shape index (κ1) is 11.9. The number of benzene rings is 2. The van der Waals surface area contributed by atoms with Gasteiger partial charge in [0.2, 0.25) is 0 Å². The highest BCUT2D eigenvalue weighted by Gasteiger charge is 2.09. The molecule has 5 heteroatoms. The summed E-state index contributed by atoms with van der Waals surface area (Å²) < 4.78 is 2.79. The molecule has 3 aromatic rings. The molecule has 0 aliphatic heterocycles. The quantitative estimate of drug-likeness (QED) is 0.738. The maximum absolute atomic E-state index is 5.81. The van der Waals surface area contributed by atoms with Crippen molar-refractivity contribution in [2.45, 2.75) is 0 Å². The zero-order valence-electron chi connectivity index (χ0n) is 9.99. The van der Waals surface area contributed by atoms with Crippen molar-refractivity contribution in [2.24, 2.45) is 0 Å². The Morgan fingerprint density at radius 2 is 1.89 bits per heavy atom. The zero-order valence-corrected chi connectivity index (χ0v) is 11.6. The summed E-state index contributed by atoms with van der Waals surface area (Å²) in [4.78, 5) is 0. The molecule has 0 bridgehead atoms. The van der Waals surface area contributed by atoms with Gasteiger partial charge in [0.15, 0.2) is 0 Å². The van der Waals surface area contributed by atoms with E-state index in [4.69, 9.17) is 5.73 Å². The van der Waals surface area contributed by atoms with E-state index in [9.17, 15) is 0 Å². The number of nitrogens with two attached hydrogens (primary N) is 1. The third kappa shape index (κ3) is 2.37. The van der Waals surface area contributed by atoms with E-state index in [1.165, 1.54) is 0 Å². The lowest BCUT2D eigenvalue weighted by Crippen LogP contribution is -2.00. The van der Waals surface area contributed by atoms with Gasteiger partial charge in [-0.2, -0.15) is 0 Å². The topological polar surface area (TPSA) is 56.7 Å². The number of aromatic nitrogens is 3. The van der Waals surface area contributed by atoms with E-state index in [0.29, 0.717) is 5.69 Å². The molecule has 0 radical (unpaired) electrons. The molecule has 3 rings (SSSR count). The summed E-state index contributed by atoms with van der Waals surface area (Å²) in [5, 5.41) is 8.12. The summed E-state index contributed by atoms with van der Waals surface area (Å²) in [5.41, 5.74) is 9.37. The molecule has 0 saturated heterocycles. The summed E-state index contributed by atoms with van der Waals surface area (Å²) >= 11 is 3.47. The average Bonchev–Trinajstić information content (AvgIpc) is 2.88. The minimum absolute atomic E-state index is 0.702. The van der Waals surface area contributed by atoms with Crippen LogP contribution < -0.4 is 5.73 Å². The average molecular weight is 315 g/mol. The Morgan fingerprint density at radius 1 is 1.05 bits per heavy atom. The number of nitrogen functional groups attached to an aromatic ring is 1. The molecule has 0 unspecified atom stereocenters. The largest absolute Gasteiger partial charge is 0.399 e. The van der Waals surface area contributed by atoms with Crippen LogP contribution in [0.25, 0.3) is 16.9 Å². The Bertz CT molecular complexity index is 661. The number of anilines is 1. The molecule has 1 heterocycles. The van der Waals surface area contributed by atoms with Crippen molar-refractivity contribution in [2.75, 3.05) is 5.73 Å². The van der Waals surface area contributed by atoms with Crippen LogP contribution in [0.15, 0.2) is 59.2 Å². The van der Waals surface area contributed by atoms with E-state index >= 15 is 0 Å². The monoisotopic (exact) mass is 314 g/mol. The highest BCUT2D eigenvalue weighted by molar-refractivity contribution is 9.10. The van der Waals surface area contributed by atoms with Crippen molar-refractivity contribution in [1.82, 2.24) is 15.0 Å². The third-order valence-electron chi connectivity index (χ3n) is 2.78. The molecule has 0 fully saturated rings. The summed E-state index contributed by atoms with van der Waals surface area (Å²) in [5.74, 6) is 0. The number of rotatable bonds is 2. The Kier molecular flexibility index (Phi) is 3.05. The summed E-state index contributed by atoms with van der Waals surface area (Å²) in [6.45, 7) is 0. The van der Waals surface area contributed by atoms with E-state index < -0.39 is 0 Å². The van der Waals surface area contributed by atoms with Crippen molar-refractivity contribution >= 4 is 21.6 Å². The van der Waals surface area contributed by atoms with Gasteiger partial charge in [-0.05, 0) is 30.3 Å². The Balaban J connectivity index is 2.13. The first-order valence-electron chi connectivity index (χ1n) is 5.76. The molecule has 0 spiro atoms. The zero-order chi connectivity index (χ0) is 13.2. The molecule has 0 atom stereocenters. The van der Waals surface area contributed by atoms with Crippen molar-refractivity contribution in [3.8, 4) is 16.9 Å². The Hall–Kier alpha value is -2.14. The van der Waals surface area contributed by atoms with E-state index in [2.05, 4.69) is 26.2 Å². The van der Waals surface area contributed by atoms with Gasteiger partial charge in [0.25, 0.3) is 0 Å². The molecule has 2 N–H and O–H groups in total. The second-order valence-electron chi connectivity index (χ2n) is 4.14. The van der Waals surface area contributed by atoms with Crippen LogP contribution in [-0.2, 0) is 0 Å². The Morgan fingerprint density at radius 3 is 2.68 bits per heavy atom. The van der Waals surface area contributed by atoms with Crippen molar-refractivity contribution in [3.63, 3.8) is 0 Å². The van der Waals surface area contributed by atoms with Crippen LogP contribution in [-0.4, -0.2) is 15.0 Å². The maximum atomic E-state index is 5.81. The van der Waals surface area contributed by atoms with Gasteiger partial charge >= 0.3 is 0 Å². The number of nitrogens with zero attached hydrogens (tertiary/aromatic N) is 3. The first-order chi connectivity index (χ1) is 9.24. The standard InChI is InChI=1S/C14H11BrN4/c15-11-4-1-3-10(7-11)14-9-17-18-19(14)13-6-2-5-12(16)8-13/h1-9H,16H2. The fraction of sp³-hybridized carbons (Fsp3) is 0. The fourth-order valence-electron chi connectivity index (χ4n) is 1.93. The van der Waals surface area contributed by atoms with Gasteiger partial charge in [0.05, 0.1) is 17.6 Å². The van der Waals surface area contributed by atoms with Crippen LogP contribution in [0.4, 0.5) is 5.69 Å². The van der Waals surface area contributed by atoms with Crippen LogP contribution in [0.2, 0.25) is 0 Å². The van der Waals surface area contributed by atoms with E-state index in [0.717, 1.165) is 21.4 Å². The summed E-state index contributed by atoms with van der Waals surface area (Å²) in [6, 6.07) is 15.6. The lowest BCUT2D eigenvalue weighted by atomic mass is 10.1. The molecule has 2 aromatic carbocycles. The van der Waals surface area contributed by atoms with Crippen LogP contribution in [0, 0.1) is 0 Å². The van der Waals surface area contributed by atoms with Crippen molar-refractivity contribution < 1.29 is 0 Å². The minimum Gasteiger partial charge on any atom is -0.399 e. The number of hydrogen-bond donors (Lipinski definition) is 1. The third-order valence-corrected chi connectivity index (χ3v) is 3.28. The van der Waals surface area contributed by atoms with Crippen LogP contribution in [0.5, 0.6) is 0 Å². The SMILES string of the molecule is Nc1cccc(-n2nncc2-c2cccc(Br)c2)c1. The lowest BCUT2D eigenvalue weighted by Gasteiger charge is -2.07. The van der Waals surface area contributed by atoms with Crippen molar-refractivity contribution in [1.29, 1.82) is 0 Å². The molecule has 0 saturated carbocycles. The van der Waals surface area contributed by atoms with Crippen LogP contribution >= 0.6 is 15.9 Å². The number of halogens is 1. The predicted molar refractivity (Wildman–Crippen MR) is 78.9 cm³/mol. The normalized spacial score (nSPS) is 10.6. The highest BCUT2D eigenvalue weighted by atomic mass is 79.9. The van der Waals surface area contributed by atoms with Gasteiger partial charge in [-0.25, -0.2) is 4.68 Å². The molecule has 19 heavy (non-hydrogen) atoms. The molecular weight excluding hydrogens is 304 g/mol. The molecule has 0 aliphatic carbocycles. The van der Waals surface area contributed by atoms with E-state index in [1.54, 1.807) is 10.9 Å². The molecular formula is C14H11BrN4. The smallest absolute Gasteiger partial charge is 0.0944 e. The van der Waals surface area contributed by atoms with Crippen LogP contribution in [0.1, 0.15) is 0 Å². The summed E-state index contributed by atoms with van der Waals surface area (Å²) in [7, 11) is 0. The van der Waals surface area contributed by atoms with Gasteiger partial charge < -0.3 is 5.73 Å². The van der Waals surface area contributed by atoms with Gasteiger partial charge in [-0.3, -0.25) is 0 Å². The van der Waals surface area contributed by atoms with Gasteiger partial charge in [0.1, 0.15) is 0 Å². The summed E-state index contributed by atoms with van der Waals surface area (Å²) in [6.07, 6.45) is 1.74. The Labute approximate surface area is 119 Å². The molecule has 1 aromatic heterocycles. The van der Waals surface area contributed by atoms with Gasteiger partial charge in [0, 0.05) is 15.7 Å². The van der Waals surface area contributed by atoms with Gasteiger partial charge in [-0.1, -0.05) is 39.3 Å². The molecule has 0 amide bonds. The molecule has 4 nitrogen and oxygen atoms in total. The molecule has 94 valence electrons. The second-order valence-corrected chi connectivity index (χ2v) is 5.05. The van der Waals surface area contributed by atoms with Crippen molar-refractivity contribution in [3.05, 3.63) is 59.2 Å². The van der Waals surface area contributed by atoms with E-state index in [-0.39, 0.29) is 0 Å². The van der Waals surface area contributed by atoms with E-state index in [1.807, 2.05) is 48.5 Å². The minimum atomic E-state index is 0.702. The van der Waals surface area contributed by atoms with Crippen LogP contribution in [0.3, 0.4) is 0 Å². The maximum Gasteiger partial charge on any atom is 0.0944 e. The highest BCUT2D eigenvalue weighted by Crippen LogP contribution is 2.24. The lowest BCUT2D eigenvalue weighted by molar-refractivity contribution is 0.808. The van der Waals surface area contributed by atoms with Gasteiger partial charge in [-0.15, -0.1) is 5.10 Å². The fourth-order valence-corrected chi connectivity index (χ4v) is 2.33. The molecule has 0 aliphatic rings.